The number of aromatic nitrogens is 8. The molecule has 0 atom stereocenters. The van der Waals surface area contributed by atoms with Gasteiger partial charge in [0.15, 0.2) is 0 Å². The standard InChI is InChI=1S/C52H30N8S/c1-5-27-53-43(9-1)47-31-41(32-48(57-47)44-10-2-6-28-54-44)37-19-13-35(14-20-37)17-23-39-25-26-40(52-51(39)59-61-60-52)24-18-36-15-21-38(22-16-36)42-33-49(45-11-3-7-29-55-45)58-50(34-42)46-12-4-8-30-56-46/h1-16,19-22,25-34H. The van der Waals surface area contributed by atoms with Crippen molar-refractivity contribution in [2.24, 2.45) is 0 Å². The number of rotatable bonds is 6. The lowest BCUT2D eigenvalue weighted by Crippen LogP contribution is -1.94. The van der Waals surface area contributed by atoms with Gasteiger partial charge in [0, 0.05) is 35.9 Å². The van der Waals surface area contributed by atoms with Crippen molar-refractivity contribution in [3.63, 3.8) is 0 Å². The quantitative estimate of drug-likeness (QED) is 0.153. The van der Waals surface area contributed by atoms with E-state index in [-0.39, 0.29) is 0 Å². The van der Waals surface area contributed by atoms with Crippen molar-refractivity contribution in [2.45, 2.75) is 0 Å². The SMILES string of the molecule is C(#Cc1ccc(C#Cc2ccc(-c3cc(-c4ccccn4)nc(-c4ccccn4)c3)cc2)c2nsnc12)c1ccc(-c2cc(-c3ccccn3)nc(-c3ccccn3)c2)cc1. The van der Waals surface area contributed by atoms with Gasteiger partial charge in [-0.05, 0) is 131 Å². The van der Waals surface area contributed by atoms with E-state index >= 15 is 0 Å². The Labute approximate surface area is 356 Å². The van der Waals surface area contributed by atoms with Crippen LogP contribution in [-0.4, -0.2) is 38.7 Å². The van der Waals surface area contributed by atoms with Crippen LogP contribution in [0, 0.1) is 23.7 Å². The molecule has 9 heteroatoms. The average Bonchev–Trinajstić information content (AvgIpc) is 3.85. The van der Waals surface area contributed by atoms with Gasteiger partial charge in [0.25, 0.3) is 0 Å². The Hall–Kier alpha value is -8.50. The molecule has 0 aliphatic carbocycles. The van der Waals surface area contributed by atoms with Crippen molar-refractivity contribution in [1.82, 2.24) is 38.7 Å². The summed E-state index contributed by atoms with van der Waals surface area (Å²) in [6.45, 7) is 0. The van der Waals surface area contributed by atoms with Gasteiger partial charge in [-0.1, -0.05) is 72.2 Å². The molecule has 7 heterocycles. The van der Waals surface area contributed by atoms with E-state index in [1.165, 1.54) is 0 Å². The number of pyridine rings is 6. The Balaban J connectivity index is 0.889. The topological polar surface area (TPSA) is 103 Å². The normalized spacial score (nSPS) is 10.7. The lowest BCUT2D eigenvalue weighted by Gasteiger charge is -2.09. The zero-order valence-electron chi connectivity index (χ0n) is 32.3. The summed E-state index contributed by atoms with van der Waals surface area (Å²) in [5.41, 5.74) is 15.2. The summed E-state index contributed by atoms with van der Waals surface area (Å²) < 4.78 is 9.20. The van der Waals surface area contributed by atoms with Gasteiger partial charge < -0.3 is 0 Å². The van der Waals surface area contributed by atoms with Crippen LogP contribution in [0.2, 0.25) is 0 Å². The van der Waals surface area contributed by atoms with Crippen LogP contribution in [0.4, 0.5) is 0 Å². The van der Waals surface area contributed by atoms with Gasteiger partial charge in [0.05, 0.1) is 68.4 Å². The van der Waals surface area contributed by atoms with Crippen LogP contribution in [-0.2, 0) is 0 Å². The second-order valence-electron chi connectivity index (χ2n) is 13.9. The van der Waals surface area contributed by atoms with Crippen LogP contribution in [0.3, 0.4) is 0 Å². The molecule has 0 bridgehead atoms. The molecule has 3 aromatic carbocycles. The summed E-state index contributed by atoms with van der Waals surface area (Å²) in [6, 6.07) is 51.9. The number of hydrogen-bond donors (Lipinski definition) is 0. The highest BCUT2D eigenvalue weighted by Gasteiger charge is 2.13. The highest BCUT2D eigenvalue weighted by atomic mass is 32.1. The third-order valence-corrected chi connectivity index (χ3v) is 10.4. The fraction of sp³-hybridized carbons (Fsp3) is 0. The number of nitrogens with zero attached hydrogens (tertiary/aromatic N) is 8. The van der Waals surface area contributed by atoms with E-state index in [1.807, 2.05) is 109 Å². The van der Waals surface area contributed by atoms with Crippen LogP contribution in [0.15, 0.2) is 183 Å². The average molecular weight is 799 g/mol. The number of fused-ring (bicyclic) bond motifs is 1. The second-order valence-corrected chi connectivity index (χ2v) is 14.4. The van der Waals surface area contributed by atoms with Gasteiger partial charge in [0.2, 0.25) is 0 Å². The maximum atomic E-state index is 4.90. The molecule has 10 rings (SSSR count). The molecule has 0 N–H and O–H groups in total. The molecule has 0 radical (unpaired) electrons. The molecule has 0 spiro atoms. The first-order valence-corrected chi connectivity index (χ1v) is 20.1. The number of hydrogen-bond acceptors (Lipinski definition) is 9. The summed E-state index contributed by atoms with van der Waals surface area (Å²) in [4.78, 5) is 28.0. The van der Waals surface area contributed by atoms with E-state index in [4.69, 9.17) is 9.97 Å². The van der Waals surface area contributed by atoms with Gasteiger partial charge >= 0.3 is 0 Å². The van der Waals surface area contributed by atoms with E-state index in [1.54, 1.807) is 24.8 Å². The predicted molar refractivity (Wildman–Crippen MR) is 242 cm³/mol. The Morgan fingerprint density at radius 1 is 0.311 bits per heavy atom. The van der Waals surface area contributed by atoms with Gasteiger partial charge in [-0.15, -0.1) is 0 Å². The molecule has 0 fully saturated rings. The van der Waals surface area contributed by atoms with Crippen molar-refractivity contribution < 1.29 is 0 Å². The molecule has 0 aliphatic heterocycles. The Bertz CT molecular complexity index is 2940. The molecule has 7 aromatic heterocycles. The maximum Gasteiger partial charge on any atom is 0.121 e. The van der Waals surface area contributed by atoms with E-state index in [0.717, 1.165) is 113 Å². The van der Waals surface area contributed by atoms with Crippen LogP contribution >= 0.6 is 11.7 Å². The van der Waals surface area contributed by atoms with Crippen LogP contribution in [0.5, 0.6) is 0 Å². The Morgan fingerprint density at radius 2 is 0.656 bits per heavy atom. The first kappa shape index (κ1) is 36.8. The molecule has 0 amide bonds. The fourth-order valence-corrected chi connectivity index (χ4v) is 7.39. The maximum absolute atomic E-state index is 4.90. The summed E-state index contributed by atoms with van der Waals surface area (Å²) in [6.07, 6.45) is 7.10. The molecular formula is C52H30N8S. The minimum atomic E-state index is 0.738. The Morgan fingerprint density at radius 3 is 0.967 bits per heavy atom. The van der Waals surface area contributed by atoms with Crippen molar-refractivity contribution >= 4 is 22.8 Å². The smallest absolute Gasteiger partial charge is 0.121 e. The van der Waals surface area contributed by atoms with Gasteiger partial charge in [0.1, 0.15) is 11.0 Å². The molecule has 0 unspecified atom stereocenters. The largest absolute Gasteiger partial charge is 0.255 e. The first-order chi connectivity index (χ1) is 30.2. The Kier molecular flexibility index (Phi) is 10.1. The first-order valence-electron chi connectivity index (χ1n) is 19.4. The minimum absolute atomic E-state index is 0.738. The summed E-state index contributed by atoms with van der Waals surface area (Å²) >= 11 is 1.16. The second kappa shape index (κ2) is 16.8. The predicted octanol–water partition coefficient (Wildman–Crippen LogP) is 10.9. The van der Waals surface area contributed by atoms with Crippen LogP contribution < -0.4 is 0 Å². The van der Waals surface area contributed by atoms with E-state index in [2.05, 4.69) is 101 Å². The van der Waals surface area contributed by atoms with Gasteiger partial charge in [-0.3, -0.25) is 19.9 Å². The third kappa shape index (κ3) is 8.14. The lowest BCUT2D eigenvalue weighted by molar-refractivity contribution is 1.22. The molecule has 0 saturated heterocycles. The molecule has 10 aromatic rings. The zero-order chi connectivity index (χ0) is 40.8. The molecular weight excluding hydrogens is 769 g/mol. The van der Waals surface area contributed by atoms with Crippen LogP contribution in [0.1, 0.15) is 22.3 Å². The number of benzene rings is 3. The van der Waals surface area contributed by atoms with Crippen LogP contribution in [0.25, 0.3) is 78.8 Å². The summed E-state index contributed by atoms with van der Waals surface area (Å²) in [5.74, 6) is 13.3. The molecule has 0 aliphatic rings. The monoisotopic (exact) mass is 798 g/mol. The highest BCUT2D eigenvalue weighted by molar-refractivity contribution is 7.00. The van der Waals surface area contributed by atoms with Crippen molar-refractivity contribution in [2.75, 3.05) is 0 Å². The van der Waals surface area contributed by atoms with Gasteiger partial charge in [-0.2, -0.15) is 8.75 Å². The van der Waals surface area contributed by atoms with Crippen molar-refractivity contribution in [3.05, 3.63) is 205 Å². The highest BCUT2D eigenvalue weighted by Crippen LogP contribution is 2.31. The van der Waals surface area contributed by atoms with E-state index < -0.39 is 0 Å². The van der Waals surface area contributed by atoms with E-state index in [9.17, 15) is 0 Å². The lowest BCUT2D eigenvalue weighted by atomic mass is 10.0. The molecule has 8 nitrogen and oxygen atoms in total. The third-order valence-electron chi connectivity index (χ3n) is 9.89. The summed E-state index contributed by atoms with van der Waals surface area (Å²) in [5, 5.41) is 0. The van der Waals surface area contributed by atoms with Gasteiger partial charge in [-0.25, -0.2) is 9.97 Å². The van der Waals surface area contributed by atoms with Crippen molar-refractivity contribution in [3.8, 4) is 91.5 Å². The molecule has 61 heavy (non-hydrogen) atoms. The molecule has 284 valence electrons. The molecule has 0 saturated carbocycles. The van der Waals surface area contributed by atoms with E-state index in [0.29, 0.717) is 0 Å². The van der Waals surface area contributed by atoms with Crippen molar-refractivity contribution in [1.29, 1.82) is 0 Å². The zero-order valence-corrected chi connectivity index (χ0v) is 33.1. The summed E-state index contributed by atoms with van der Waals surface area (Å²) in [7, 11) is 0. The fourth-order valence-electron chi connectivity index (χ4n) is 6.82. The minimum Gasteiger partial charge on any atom is -0.255 e.